The number of amides is 2. The summed E-state index contributed by atoms with van der Waals surface area (Å²) in [5.41, 5.74) is 2.01. The van der Waals surface area contributed by atoms with Crippen LogP contribution in [-0.4, -0.2) is 64.4 Å². The van der Waals surface area contributed by atoms with Gasteiger partial charge in [0.1, 0.15) is 11.5 Å². The van der Waals surface area contributed by atoms with Crippen molar-refractivity contribution in [3.8, 4) is 0 Å². The standard InChI is InChI=1S/C23H29FN4O2/c1-13-6-7-17(24)16-11-18(26-22(13)16)23(30)25-14-4-3-5-15(10-14)28-9-8-19-20(28)12-21(29)27(19)2/h6-7,11,14-15,19-20,26H,3-5,8-10,12H2,1-2H3,(H,25,30)/t14-,15?,19+,20+/m1/s1. The Labute approximate surface area is 175 Å². The topological polar surface area (TPSA) is 68.4 Å². The molecule has 2 amide bonds. The van der Waals surface area contributed by atoms with Crippen LogP contribution in [0.25, 0.3) is 10.9 Å². The first kappa shape index (κ1) is 19.5. The van der Waals surface area contributed by atoms with Crippen molar-refractivity contribution in [2.45, 2.75) is 69.6 Å². The van der Waals surface area contributed by atoms with E-state index in [2.05, 4.69) is 15.2 Å². The minimum absolute atomic E-state index is 0.0995. The third-order valence-corrected chi connectivity index (χ3v) is 7.47. The summed E-state index contributed by atoms with van der Waals surface area (Å²) in [4.78, 5) is 32.5. The molecule has 1 unspecified atom stereocenters. The smallest absolute Gasteiger partial charge is 0.267 e. The number of aromatic nitrogens is 1. The summed E-state index contributed by atoms with van der Waals surface area (Å²) < 4.78 is 14.1. The zero-order valence-electron chi connectivity index (χ0n) is 17.6. The SMILES string of the molecule is Cc1ccc(F)c2cc(C(=O)N[C@@H]3CCCC(N4CC[C@H]5[C@@H]4CC(=O)N5C)C3)[nH]c12. The number of aryl methyl sites for hydroxylation is 1. The first-order chi connectivity index (χ1) is 14.4. The van der Waals surface area contributed by atoms with E-state index < -0.39 is 0 Å². The Bertz CT molecular complexity index is 963. The zero-order valence-corrected chi connectivity index (χ0v) is 17.6. The lowest BCUT2D eigenvalue weighted by molar-refractivity contribution is -0.127. The minimum Gasteiger partial charge on any atom is -0.350 e. The summed E-state index contributed by atoms with van der Waals surface area (Å²) in [6, 6.07) is 5.93. The van der Waals surface area contributed by atoms with Gasteiger partial charge >= 0.3 is 0 Å². The highest BCUT2D eigenvalue weighted by molar-refractivity contribution is 5.99. The monoisotopic (exact) mass is 412 g/mol. The third-order valence-electron chi connectivity index (χ3n) is 7.47. The first-order valence-corrected chi connectivity index (χ1v) is 11.0. The molecule has 1 aromatic heterocycles. The molecular formula is C23H29FN4O2. The van der Waals surface area contributed by atoms with Crippen molar-refractivity contribution in [3.05, 3.63) is 35.3 Å². The second-order valence-electron chi connectivity index (χ2n) is 9.20. The van der Waals surface area contributed by atoms with E-state index in [0.29, 0.717) is 41.1 Å². The van der Waals surface area contributed by atoms with Crippen LogP contribution >= 0.6 is 0 Å². The number of likely N-dealkylation sites (N-methyl/N-ethyl adjacent to an activating group) is 1. The summed E-state index contributed by atoms with van der Waals surface area (Å²) in [7, 11) is 1.92. The lowest BCUT2D eigenvalue weighted by Gasteiger charge is -2.38. The molecule has 2 aliphatic heterocycles. The van der Waals surface area contributed by atoms with Crippen molar-refractivity contribution in [1.82, 2.24) is 20.1 Å². The molecule has 160 valence electrons. The fraction of sp³-hybridized carbons (Fsp3) is 0.565. The van der Waals surface area contributed by atoms with Gasteiger partial charge in [0.2, 0.25) is 5.91 Å². The summed E-state index contributed by atoms with van der Waals surface area (Å²) in [5, 5.41) is 3.63. The van der Waals surface area contributed by atoms with Crippen LogP contribution in [0.3, 0.4) is 0 Å². The number of nitrogens with zero attached hydrogens (tertiary/aromatic N) is 2. The van der Waals surface area contributed by atoms with Crippen molar-refractivity contribution < 1.29 is 14.0 Å². The highest BCUT2D eigenvalue weighted by Gasteiger charge is 2.47. The van der Waals surface area contributed by atoms with Crippen LogP contribution in [0.2, 0.25) is 0 Å². The number of H-pyrrole nitrogens is 1. The Balaban J connectivity index is 1.27. The number of halogens is 1. The van der Waals surface area contributed by atoms with Gasteiger partial charge in [0.15, 0.2) is 0 Å². The quantitative estimate of drug-likeness (QED) is 0.815. The number of fused-ring (bicyclic) bond motifs is 2. The Morgan fingerprint density at radius 3 is 2.87 bits per heavy atom. The van der Waals surface area contributed by atoms with Gasteiger partial charge in [0, 0.05) is 49.6 Å². The third kappa shape index (κ3) is 3.20. The molecule has 5 rings (SSSR count). The van der Waals surface area contributed by atoms with Crippen LogP contribution in [0, 0.1) is 12.7 Å². The maximum absolute atomic E-state index is 14.1. The Morgan fingerprint density at radius 1 is 1.23 bits per heavy atom. The number of carbonyl (C=O) groups is 2. The van der Waals surface area contributed by atoms with Crippen LogP contribution < -0.4 is 5.32 Å². The van der Waals surface area contributed by atoms with E-state index in [4.69, 9.17) is 0 Å². The second kappa shape index (κ2) is 7.38. The molecule has 1 saturated carbocycles. The number of aromatic amines is 1. The van der Waals surface area contributed by atoms with E-state index in [0.717, 1.165) is 44.2 Å². The van der Waals surface area contributed by atoms with Gasteiger partial charge in [-0.1, -0.05) is 6.07 Å². The maximum Gasteiger partial charge on any atom is 0.267 e. The van der Waals surface area contributed by atoms with Crippen LogP contribution in [-0.2, 0) is 4.79 Å². The molecule has 6 nitrogen and oxygen atoms in total. The summed E-state index contributed by atoms with van der Waals surface area (Å²) >= 11 is 0. The average molecular weight is 413 g/mol. The molecule has 1 aromatic carbocycles. The van der Waals surface area contributed by atoms with E-state index in [9.17, 15) is 14.0 Å². The van der Waals surface area contributed by atoms with E-state index in [-0.39, 0.29) is 23.7 Å². The molecule has 3 heterocycles. The van der Waals surface area contributed by atoms with Crippen molar-refractivity contribution in [2.24, 2.45) is 0 Å². The first-order valence-electron chi connectivity index (χ1n) is 11.0. The van der Waals surface area contributed by atoms with Gasteiger partial charge in [-0.2, -0.15) is 0 Å². The Kier molecular flexibility index (Phi) is 4.81. The normalized spacial score (nSPS) is 29.6. The largest absolute Gasteiger partial charge is 0.350 e. The van der Waals surface area contributed by atoms with E-state index in [1.54, 1.807) is 12.1 Å². The highest BCUT2D eigenvalue weighted by Crippen LogP contribution is 2.36. The van der Waals surface area contributed by atoms with Crippen LogP contribution in [0.15, 0.2) is 18.2 Å². The molecule has 3 aliphatic rings. The Morgan fingerprint density at radius 2 is 2.07 bits per heavy atom. The van der Waals surface area contributed by atoms with E-state index >= 15 is 0 Å². The molecule has 2 N–H and O–H groups in total. The Hall–Kier alpha value is -2.41. The number of nitrogens with one attached hydrogen (secondary N) is 2. The van der Waals surface area contributed by atoms with Crippen molar-refractivity contribution in [2.75, 3.05) is 13.6 Å². The van der Waals surface area contributed by atoms with E-state index in [1.165, 1.54) is 6.07 Å². The molecule has 2 aromatic rings. The predicted molar refractivity (Wildman–Crippen MR) is 113 cm³/mol. The zero-order chi connectivity index (χ0) is 21.0. The number of hydrogen-bond acceptors (Lipinski definition) is 3. The molecule has 30 heavy (non-hydrogen) atoms. The molecule has 2 saturated heterocycles. The highest BCUT2D eigenvalue weighted by atomic mass is 19.1. The second-order valence-corrected chi connectivity index (χ2v) is 9.20. The molecule has 0 bridgehead atoms. The summed E-state index contributed by atoms with van der Waals surface area (Å²) in [6.45, 7) is 2.93. The fourth-order valence-corrected chi connectivity index (χ4v) is 5.83. The minimum atomic E-state index is -0.316. The fourth-order valence-electron chi connectivity index (χ4n) is 5.83. The molecule has 7 heteroatoms. The molecule has 1 aliphatic carbocycles. The number of likely N-dealkylation sites (tertiary alicyclic amines) is 2. The van der Waals surface area contributed by atoms with Crippen molar-refractivity contribution >= 4 is 22.7 Å². The average Bonchev–Trinajstić information content (AvgIpc) is 3.42. The number of hydrogen-bond donors (Lipinski definition) is 2. The molecular weight excluding hydrogens is 383 g/mol. The predicted octanol–water partition coefficient (Wildman–Crippen LogP) is 2.96. The van der Waals surface area contributed by atoms with Crippen molar-refractivity contribution in [1.29, 1.82) is 0 Å². The van der Waals surface area contributed by atoms with Crippen LogP contribution in [0.1, 0.15) is 54.6 Å². The molecule has 0 radical (unpaired) electrons. The van der Waals surface area contributed by atoms with Gasteiger partial charge < -0.3 is 15.2 Å². The molecule has 0 spiro atoms. The van der Waals surface area contributed by atoms with Gasteiger partial charge in [-0.05, 0) is 56.7 Å². The van der Waals surface area contributed by atoms with E-state index in [1.807, 2.05) is 18.9 Å². The number of benzene rings is 1. The van der Waals surface area contributed by atoms with Crippen molar-refractivity contribution in [3.63, 3.8) is 0 Å². The van der Waals surface area contributed by atoms with Crippen LogP contribution in [0.5, 0.6) is 0 Å². The van der Waals surface area contributed by atoms with Crippen LogP contribution in [0.4, 0.5) is 4.39 Å². The van der Waals surface area contributed by atoms with Gasteiger partial charge in [-0.25, -0.2) is 4.39 Å². The van der Waals surface area contributed by atoms with Gasteiger partial charge in [-0.15, -0.1) is 0 Å². The van der Waals surface area contributed by atoms with Gasteiger partial charge in [-0.3, -0.25) is 14.5 Å². The maximum atomic E-state index is 14.1. The molecule has 3 fully saturated rings. The number of carbonyl (C=O) groups excluding carboxylic acids is 2. The molecule has 4 atom stereocenters. The lowest BCUT2D eigenvalue weighted by atomic mass is 9.89. The number of rotatable bonds is 3. The summed E-state index contributed by atoms with van der Waals surface area (Å²) in [6.07, 6.45) is 5.70. The van der Waals surface area contributed by atoms with Gasteiger partial charge in [0.05, 0.1) is 5.52 Å². The summed E-state index contributed by atoms with van der Waals surface area (Å²) in [5.74, 6) is -0.245. The lowest BCUT2D eigenvalue weighted by Crippen LogP contribution is -2.48. The van der Waals surface area contributed by atoms with Gasteiger partial charge in [0.25, 0.3) is 5.91 Å².